The summed E-state index contributed by atoms with van der Waals surface area (Å²) < 4.78 is 29.7. The summed E-state index contributed by atoms with van der Waals surface area (Å²) in [4.78, 5) is 18.3. The second-order valence-corrected chi connectivity index (χ2v) is 10.8. The molecule has 0 bridgehead atoms. The standard InChI is InChI=1S/C20H20N4O3S3/c1-13(2)18(23-30(26,27)17-4-3-10-28-17)19(25)21-15-7-5-14(6-8-15)16-12-24-9-11-29-20(24)22-16/h3-13,18,23H,1-2H3,(H,21,25)/t18-/m0/s1. The van der Waals surface area contributed by atoms with E-state index < -0.39 is 22.0 Å². The molecule has 156 valence electrons. The number of benzene rings is 1. The molecule has 0 aliphatic carbocycles. The Labute approximate surface area is 182 Å². The number of carbonyl (C=O) groups is 1. The van der Waals surface area contributed by atoms with Gasteiger partial charge < -0.3 is 5.32 Å². The van der Waals surface area contributed by atoms with Gasteiger partial charge >= 0.3 is 0 Å². The van der Waals surface area contributed by atoms with Crippen molar-refractivity contribution in [3.05, 3.63) is 59.6 Å². The van der Waals surface area contributed by atoms with Crippen LogP contribution in [-0.4, -0.2) is 29.8 Å². The average molecular weight is 461 g/mol. The molecule has 3 heterocycles. The van der Waals surface area contributed by atoms with Crippen molar-refractivity contribution in [2.45, 2.75) is 24.1 Å². The zero-order valence-electron chi connectivity index (χ0n) is 16.3. The molecule has 0 saturated heterocycles. The summed E-state index contributed by atoms with van der Waals surface area (Å²) in [7, 11) is -3.75. The van der Waals surface area contributed by atoms with Crippen molar-refractivity contribution >= 4 is 49.3 Å². The van der Waals surface area contributed by atoms with Crippen molar-refractivity contribution in [1.82, 2.24) is 14.1 Å². The predicted octanol–water partition coefficient (Wildman–Crippen LogP) is 4.07. The van der Waals surface area contributed by atoms with Gasteiger partial charge in [-0.1, -0.05) is 32.0 Å². The number of hydrogen-bond acceptors (Lipinski definition) is 6. The molecule has 0 fully saturated rings. The van der Waals surface area contributed by atoms with Gasteiger partial charge in [0.2, 0.25) is 5.91 Å². The van der Waals surface area contributed by atoms with E-state index in [0.717, 1.165) is 27.6 Å². The highest BCUT2D eigenvalue weighted by molar-refractivity contribution is 7.91. The maximum Gasteiger partial charge on any atom is 0.250 e. The van der Waals surface area contributed by atoms with Crippen molar-refractivity contribution in [3.63, 3.8) is 0 Å². The molecular weight excluding hydrogens is 440 g/mol. The van der Waals surface area contributed by atoms with Gasteiger partial charge in [-0.3, -0.25) is 9.20 Å². The van der Waals surface area contributed by atoms with E-state index in [1.54, 1.807) is 48.8 Å². The Morgan fingerprint density at radius 3 is 2.50 bits per heavy atom. The Kier molecular flexibility index (Phi) is 5.74. The van der Waals surface area contributed by atoms with Crippen molar-refractivity contribution in [2.75, 3.05) is 5.32 Å². The predicted molar refractivity (Wildman–Crippen MR) is 120 cm³/mol. The van der Waals surface area contributed by atoms with E-state index in [2.05, 4.69) is 15.0 Å². The molecule has 1 atom stereocenters. The third-order valence-electron chi connectivity index (χ3n) is 4.53. The Hall–Kier alpha value is -2.53. The Morgan fingerprint density at radius 1 is 1.10 bits per heavy atom. The molecule has 0 aliphatic heterocycles. The third kappa shape index (κ3) is 4.31. The van der Waals surface area contributed by atoms with Crippen LogP contribution in [0.4, 0.5) is 5.69 Å². The fourth-order valence-corrected chi connectivity index (χ4v) is 6.00. The molecule has 1 aromatic carbocycles. The lowest BCUT2D eigenvalue weighted by atomic mass is 10.0. The van der Waals surface area contributed by atoms with E-state index in [1.807, 2.05) is 34.3 Å². The fraction of sp³-hybridized carbons (Fsp3) is 0.200. The summed E-state index contributed by atoms with van der Waals surface area (Å²) in [5.74, 6) is -0.627. The van der Waals surface area contributed by atoms with Crippen molar-refractivity contribution < 1.29 is 13.2 Å². The van der Waals surface area contributed by atoms with Crippen LogP contribution in [0.2, 0.25) is 0 Å². The number of anilines is 1. The van der Waals surface area contributed by atoms with E-state index in [4.69, 9.17) is 0 Å². The van der Waals surface area contributed by atoms with Gasteiger partial charge in [-0.15, -0.1) is 22.7 Å². The van der Waals surface area contributed by atoms with Crippen LogP contribution in [0.15, 0.2) is 63.8 Å². The number of amides is 1. The lowest BCUT2D eigenvalue weighted by molar-refractivity contribution is -0.118. The van der Waals surface area contributed by atoms with Crippen LogP contribution in [0.5, 0.6) is 0 Å². The van der Waals surface area contributed by atoms with Crippen LogP contribution < -0.4 is 10.0 Å². The highest BCUT2D eigenvalue weighted by Crippen LogP contribution is 2.23. The highest BCUT2D eigenvalue weighted by Gasteiger charge is 2.29. The quantitative estimate of drug-likeness (QED) is 0.435. The van der Waals surface area contributed by atoms with Crippen LogP contribution in [-0.2, 0) is 14.8 Å². The number of aromatic nitrogens is 2. The molecule has 0 radical (unpaired) electrons. The highest BCUT2D eigenvalue weighted by atomic mass is 32.2. The number of nitrogens with one attached hydrogen (secondary N) is 2. The summed E-state index contributed by atoms with van der Waals surface area (Å²) >= 11 is 2.67. The van der Waals surface area contributed by atoms with Crippen LogP contribution in [0.25, 0.3) is 16.2 Å². The van der Waals surface area contributed by atoms with E-state index in [0.29, 0.717) is 5.69 Å². The van der Waals surface area contributed by atoms with Gasteiger partial charge in [-0.2, -0.15) is 4.72 Å². The van der Waals surface area contributed by atoms with Crippen LogP contribution in [0.3, 0.4) is 0 Å². The summed E-state index contributed by atoms with van der Waals surface area (Å²) in [6.45, 7) is 3.60. The zero-order chi connectivity index (χ0) is 21.3. The van der Waals surface area contributed by atoms with Gasteiger partial charge in [-0.25, -0.2) is 13.4 Å². The minimum Gasteiger partial charge on any atom is -0.325 e. The summed E-state index contributed by atoms with van der Waals surface area (Å²) in [6.07, 6.45) is 3.90. The van der Waals surface area contributed by atoms with Crippen molar-refractivity contribution in [3.8, 4) is 11.3 Å². The average Bonchev–Trinajstić information content (AvgIpc) is 3.43. The smallest absolute Gasteiger partial charge is 0.250 e. The third-order valence-corrected chi connectivity index (χ3v) is 8.14. The summed E-state index contributed by atoms with van der Waals surface area (Å²) in [5, 5.41) is 6.47. The van der Waals surface area contributed by atoms with E-state index >= 15 is 0 Å². The van der Waals surface area contributed by atoms with E-state index in [1.165, 1.54) is 6.07 Å². The van der Waals surface area contributed by atoms with Crippen LogP contribution in [0, 0.1) is 5.92 Å². The SMILES string of the molecule is CC(C)[C@H](NS(=O)(=O)c1cccs1)C(=O)Nc1ccc(-c2cn3ccsc3n2)cc1. The molecule has 3 aromatic heterocycles. The van der Waals surface area contributed by atoms with E-state index in [-0.39, 0.29) is 10.1 Å². The Balaban J connectivity index is 1.48. The number of sulfonamides is 1. The first-order valence-corrected chi connectivity index (χ1v) is 12.5. The van der Waals surface area contributed by atoms with Crippen molar-refractivity contribution in [2.24, 2.45) is 5.92 Å². The zero-order valence-corrected chi connectivity index (χ0v) is 18.7. The minimum absolute atomic E-state index is 0.185. The number of thiazole rings is 1. The molecule has 2 N–H and O–H groups in total. The molecule has 0 aliphatic rings. The van der Waals surface area contributed by atoms with Crippen LogP contribution in [0.1, 0.15) is 13.8 Å². The topological polar surface area (TPSA) is 92.6 Å². The number of hydrogen-bond donors (Lipinski definition) is 2. The maximum absolute atomic E-state index is 12.8. The number of nitrogens with zero attached hydrogens (tertiary/aromatic N) is 2. The largest absolute Gasteiger partial charge is 0.325 e. The van der Waals surface area contributed by atoms with Gasteiger partial charge in [0.25, 0.3) is 10.0 Å². The summed E-state index contributed by atoms with van der Waals surface area (Å²) in [6, 6.07) is 9.61. The molecule has 1 amide bonds. The lowest BCUT2D eigenvalue weighted by Crippen LogP contribution is -2.46. The second-order valence-electron chi connectivity index (χ2n) is 7.06. The van der Waals surface area contributed by atoms with Crippen LogP contribution >= 0.6 is 22.7 Å². The van der Waals surface area contributed by atoms with E-state index in [9.17, 15) is 13.2 Å². The molecule has 0 saturated carbocycles. The van der Waals surface area contributed by atoms with Gasteiger partial charge in [0.1, 0.15) is 10.3 Å². The molecule has 0 unspecified atom stereocenters. The first kappa shape index (κ1) is 20.7. The van der Waals surface area contributed by atoms with Gasteiger partial charge in [0.05, 0.1) is 5.69 Å². The first-order valence-electron chi connectivity index (χ1n) is 9.23. The van der Waals surface area contributed by atoms with Gasteiger partial charge in [0, 0.05) is 29.0 Å². The molecular formula is C20H20N4O3S3. The molecule has 4 rings (SSSR count). The molecule has 7 nitrogen and oxygen atoms in total. The number of fused-ring (bicyclic) bond motifs is 1. The number of thiophene rings is 1. The lowest BCUT2D eigenvalue weighted by Gasteiger charge is -2.21. The minimum atomic E-state index is -3.75. The first-order chi connectivity index (χ1) is 14.3. The monoisotopic (exact) mass is 460 g/mol. The maximum atomic E-state index is 12.8. The van der Waals surface area contributed by atoms with Gasteiger partial charge in [0.15, 0.2) is 4.96 Å². The molecule has 0 spiro atoms. The number of carbonyl (C=O) groups excluding carboxylic acids is 1. The Bertz CT molecular complexity index is 1230. The molecule has 4 aromatic rings. The summed E-state index contributed by atoms with van der Waals surface area (Å²) in [5.41, 5.74) is 2.37. The van der Waals surface area contributed by atoms with Crippen molar-refractivity contribution in [1.29, 1.82) is 0 Å². The molecule has 30 heavy (non-hydrogen) atoms. The fourth-order valence-electron chi connectivity index (χ4n) is 2.94. The number of rotatable bonds is 7. The Morgan fingerprint density at radius 2 is 1.87 bits per heavy atom. The normalized spacial score (nSPS) is 13.0. The van der Waals surface area contributed by atoms with Gasteiger partial charge in [-0.05, 0) is 29.5 Å². The second kappa shape index (κ2) is 8.31. The molecule has 10 heteroatoms. The number of imidazole rings is 1.